The van der Waals surface area contributed by atoms with Gasteiger partial charge in [-0.25, -0.2) is 0 Å². The van der Waals surface area contributed by atoms with E-state index in [1.165, 1.54) is 0 Å². The fraction of sp³-hybridized carbons (Fsp3) is 0.375. The number of benzene rings is 3. The highest BCUT2D eigenvalue weighted by Gasteiger charge is 2.48. The minimum Gasteiger partial charge on any atom is -0.497 e. The summed E-state index contributed by atoms with van der Waals surface area (Å²) in [5, 5.41) is 10.6. The van der Waals surface area contributed by atoms with Crippen molar-refractivity contribution in [1.82, 2.24) is 4.90 Å². The van der Waals surface area contributed by atoms with Crippen LogP contribution < -0.4 is 19.1 Å². The van der Waals surface area contributed by atoms with Crippen molar-refractivity contribution in [2.24, 2.45) is 5.92 Å². The summed E-state index contributed by atoms with van der Waals surface area (Å²) in [7, 11) is 1.59. The van der Waals surface area contributed by atoms with Gasteiger partial charge in [0.05, 0.1) is 19.6 Å². The first-order chi connectivity index (χ1) is 19.9. The molecule has 2 heterocycles. The lowest BCUT2D eigenvalue weighted by atomic mass is 9.82. The van der Waals surface area contributed by atoms with Gasteiger partial charge in [0.2, 0.25) is 12.7 Å². The number of amides is 1. The van der Waals surface area contributed by atoms with Crippen LogP contribution in [0.2, 0.25) is 0 Å². The number of ether oxygens (including phenoxy) is 3. The van der Waals surface area contributed by atoms with Gasteiger partial charge in [-0.05, 0) is 59.5 Å². The predicted octanol–water partition coefficient (Wildman–Crippen LogP) is 5.84. The Morgan fingerprint density at radius 3 is 2.51 bits per heavy atom. The molecular formula is C32H35ClN2O6. The number of carboxylic acids is 1. The number of hydrogen-bond donors (Lipinski definition) is 1. The number of fused-ring (bicyclic) bond motifs is 1. The summed E-state index contributed by atoms with van der Waals surface area (Å²) in [6, 6.07) is 20.2. The summed E-state index contributed by atoms with van der Waals surface area (Å²) in [6.07, 6.45) is 1.78. The maximum Gasteiger partial charge on any atom is 0.309 e. The van der Waals surface area contributed by atoms with Crippen molar-refractivity contribution < 1.29 is 28.9 Å². The summed E-state index contributed by atoms with van der Waals surface area (Å²) in [5.74, 6) is 0.118. The number of rotatable bonds is 11. The molecule has 0 bridgehead atoms. The number of anilines is 1. The number of carboxylic acid groups (broad SMARTS) is 1. The van der Waals surface area contributed by atoms with E-state index in [1.54, 1.807) is 12.0 Å². The molecule has 9 heteroatoms. The average Bonchev–Trinajstić information content (AvgIpc) is 3.62. The lowest BCUT2D eigenvalue weighted by molar-refractivity contribution is -0.143. The highest BCUT2D eigenvalue weighted by atomic mass is 35.5. The minimum atomic E-state index is -0.916. The number of unbranched alkanes of at least 4 members (excludes halogenated alkanes) is 1. The van der Waals surface area contributed by atoms with Crippen molar-refractivity contribution in [1.29, 1.82) is 0 Å². The van der Waals surface area contributed by atoms with E-state index < -0.39 is 17.9 Å². The maximum atomic E-state index is 14.0. The van der Waals surface area contributed by atoms with Crippen LogP contribution in [0.3, 0.4) is 0 Å². The number of likely N-dealkylation sites (tertiary alicyclic amines) is 1. The van der Waals surface area contributed by atoms with Crippen molar-refractivity contribution in [3.05, 3.63) is 83.4 Å². The third-order valence-corrected chi connectivity index (χ3v) is 8.23. The normalized spacial score (nSPS) is 19.7. The number of methoxy groups -OCH3 is 1. The third kappa shape index (κ3) is 6.14. The first-order valence-electron chi connectivity index (χ1n) is 13.9. The molecule has 3 atom stereocenters. The summed E-state index contributed by atoms with van der Waals surface area (Å²) < 4.78 is 16.4. The molecule has 0 aromatic heterocycles. The molecule has 0 saturated carbocycles. The largest absolute Gasteiger partial charge is 0.497 e. The Balaban J connectivity index is 1.51. The topological polar surface area (TPSA) is 88.5 Å². The fourth-order valence-corrected chi connectivity index (χ4v) is 6.02. The molecule has 5 rings (SSSR count). The quantitative estimate of drug-likeness (QED) is 0.286. The SMILES string of the molecule is CCCCN(C(=O)CN1CC(c2ccc3c(c2)OCO3)[C@H](C(=O)O)[C@H]1c1ccc(OC)cc1)c1cccc(CCl)c1. The first-order valence-corrected chi connectivity index (χ1v) is 14.4. The molecule has 41 heavy (non-hydrogen) atoms. The first kappa shape index (κ1) is 28.8. The van der Waals surface area contributed by atoms with Gasteiger partial charge in [-0.2, -0.15) is 0 Å². The molecular weight excluding hydrogens is 544 g/mol. The Morgan fingerprint density at radius 2 is 1.80 bits per heavy atom. The van der Waals surface area contributed by atoms with Crippen LogP contribution in [0, 0.1) is 5.92 Å². The van der Waals surface area contributed by atoms with E-state index in [9.17, 15) is 14.7 Å². The number of carbonyl (C=O) groups excluding carboxylic acids is 1. The zero-order valence-electron chi connectivity index (χ0n) is 23.3. The molecule has 1 unspecified atom stereocenters. The van der Waals surface area contributed by atoms with Gasteiger partial charge in [-0.15, -0.1) is 11.6 Å². The molecule has 0 spiro atoms. The van der Waals surface area contributed by atoms with E-state index in [0.29, 0.717) is 36.2 Å². The monoisotopic (exact) mass is 578 g/mol. The lowest BCUT2D eigenvalue weighted by Gasteiger charge is -2.30. The molecule has 2 aliphatic heterocycles. The van der Waals surface area contributed by atoms with E-state index in [2.05, 4.69) is 6.92 Å². The zero-order chi connectivity index (χ0) is 28.9. The third-order valence-electron chi connectivity index (χ3n) is 7.92. The Hall–Kier alpha value is -3.75. The second-order valence-corrected chi connectivity index (χ2v) is 10.7. The number of hydrogen-bond acceptors (Lipinski definition) is 6. The Bertz CT molecular complexity index is 1380. The van der Waals surface area contributed by atoms with Crippen molar-refractivity contribution in [2.75, 3.05) is 38.4 Å². The van der Waals surface area contributed by atoms with E-state index in [4.69, 9.17) is 25.8 Å². The van der Waals surface area contributed by atoms with Crippen LogP contribution in [0.1, 0.15) is 48.4 Å². The number of halogens is 1. The van der Waals surface area contributed by atoms with Crippen molar-refractivity contribution in [2.45, 2.75) is 37.6 Å². The second-order valence-electron chi connectivity index (χ2n) is 10.4. The number of alkyl halides is 1. The number of carbonyl (C=O) groups is 2. The average molecular weight is 579 g/mol. The summed E-state index contributed by atoms with van der Waals surface area (Å²) in [4.78, 5) is 30.7. The molecule has 1 fully saturated rings. The number of nitrogens with zero attached hydrogens (tertiary/aromatic N) is 2. The summed E-state index contributed by atoms with van der Waals surface area (Å²) in [5.41, 5.74) is 3.39. The second kappa shape index (κ2) is 12.8. The molecule has 2 aliphatic rings. The van der Waals surface area contributed by atoms with Gasteiger partial charge >= 0.3 is 5.97 Å². The fourth-order valence-electron chi connectivity index (χ4n) is 5.85. The van der Waals surface area contributed by atoms with E-state index in [-0.39, 0.29) is 25.2 Å². The smallest absolute Gasteiger partial charge is 0.309 e. The summed E-state index contributed by atoms with van der Waals surface area (Å²) >= 11 is 6.10. The molecule has 8 nitrogen and oxygen atoms in total. The van der Waals surface area contributed by atoms with Gasteiger partial charge in [-0.1, -0.05) is 43.7 Å². The van der Waals surface area contributed by atoms with Crippen molar-refractivity contribution in [3.63, 3.8) is 0 Å². The minimum absolute atomic E-state index is 0.0658. The van der Waals surface area contributed by atoms with E-state index >= 15 is 0 Å². The van der Waals surface area contributed by atoms with Gasteiger partial charge in [0.1, 0.15) is 5.75 Å². The molecule has 1 saturated heterocycles. The van der Waals surface area contributed by atoms with Crippen molar-refractivity contribution >= 4 is 29.2 Å². The van der Waals surface area contributed by atoms with Gasteiger partial charge in [0.15, 0.2) is 11.5 Å². The van der Waals surface area contributed by atoms with Gasteiger partial charge in [0, 0.05) is 36.6 Å². The molecule has 3 aromatic rings. The van der Waals surface area contributed by atoms with E-state index in [0.717, 1.165) is 35.2 Å². The van der Waals surface area contributed by atoms with Crippen LogP contribution in [0.5, 0.6) is 17.2 Å². The van der Waals surface area contributed by atoms with Crippen LogP contribution in [0.4, 0.5) is 5.69 Å². The highest BCUT2D eigenvalue weighted by molar-refractivity contribution is 6.17. The molecule has 0 radical (unpaired) electrons. The van der Waals surface area contributed by atoms with Crippen LogP contribution >= 0.6 is 11.6 Å². The highest BCUT2D eigenvalue weighted by Crippen LogP contribution is 2.48. The predicted molar refractivity (Wildman–Crippen MR) is 157 cm³/mol. The van der Waals surface area contributed by atoms with Crippen LogP contribution in [0.25, 0.3) is 0 Å². The van der Waals surface area contributed by atoms with Gasteiger partial charge in [0.25, 0.3) is 0 Å². The zero-order valence-corrected chi connectivity index (χ0v) is 24.0. The van der Waals surface area contributed by atoms with Gasteiger partial charge in [-0.3, -0.25) is 14.5 Å². The van der Waals surface area contributed by atoms with E-state index in [1.807, 2.05) is 71.6 Å². The Labute approximate surface area is 245 Å². The molecule has 0 aliphatic carbocycles. The molecule has 3 aromatic carbocycles. The standard InChI is InChI=1S/C32H35ClN2O6/c1-3-4-14-35(24-7-5-6-21(15-24)17-33)29(36)19-34-18-26(23-10-13-27-28(16-23)41-20-40-27)30(32(37)38)31(34)22-8-11-25(39-2)12-9-22/h5-13,15-16,26,30-31H,3-4,14,17-20H2,1-2H3,(H,37,38)/t26?,30-,31+/m0/s1. The lowest BCUT2D eigenvalue weighted by Crippen LogP contribution is -2.41. The summed E-state index contributed by atoms with van der Waals surface area (Å²) in [6.45, 7) is 3.25. The Morgan fingerprint density at radius 1 is 1.05 bits per heavy atom. The maximum absolute atomic E-state index is 14.0. The molecule has 1 N–H and O–H groups in total. The molecule has 216 valence electrons. The van der Waals surface area contributed by atoms with Gasteiger partial charge < -0.3 is 24.2 Å². The van der Waals surface area contributed by atoms with Crippen LogP contribution in [-0.4, -0.2) is 55.4 Å². The molecule has 1 amide bonds. The van der Waals surface area contributed by atoms with Crippen LogP contribution in [-0.2, 0) is 15.5 Å². The number of aliphatic carboxylic acids is 1. The van der Waals surface area contributed by atoms with Crippen molar-refractivity contribution in [3.8, 4) is 17.2 Å². The Kier molecular flexibility index (Phi) is 9.00. The van der Waals surface area contributed by atoms with Crippen LogP contribution in [0.15, 0.2) is 66.7 Å².